The fraction of sp³-hybridized carbons (Fsp3) is 0.846. The fourth-order valence-corrected chi connectivity index (χ4v) is 3.14. The predicted molar refractivity (Wildman–Crippen MR) is 68.3 cm³/mol. The van der Waals surface area contributed by atoms with Gasteiger partial charge in [0.25, 0.3) is 0 Å². The SMILES string of the molecule is CC(C)N1CCC(c2nnc3n2CCCC3O)C1. The zero-order valence-electron chi connectivity index (χ0n) is 11.2. The van der Waals surface area contributed by atoms with E-state index in [4.69, 9.17) is 0 Å². The summed E-state index contributed by atoms with van der Waals surface area (Å²) in [5.74, 6) is 2.35. The van der Waals surface area contributed by atoms with Crippen LogP contribution in [-0.4, -0.2) is 43.9 Å². The van der Waals surface area contributed by atoms with Crippen molar-refractivity contribution >= 4 is 0 Å². The summed E-state index contributed by atoms with van der Waals surface area (Å²) in [7, 11) is 0. The number of likely N-dealkylation sites (tertiary alicyclic amines) is 1. The smallest absolute Gasteiger partial charge is 0.161 e. The minimum atomic E-state index is -0.414. The molecular weight excluding hydrogens is 228 g/mol. The zero-order valence-corrected chi connectivity index (χ0v) is 11.2. The molecule has 0 amide bonds. The number of rotatable bonds is 2. The Morgan fingerprint density at radius 1 is 1.17 bits per heavy atom. The average molecular weight is 250 g/mol. The second-order valence-electron chi connectivity index (χ2n) is 5.80. The number of hydrogen-bond acceptors (Lipinski definition) is 4. The van der Waals surface area contributed by atoms with Crippen LogP contribution in [0.15, 0.2) is 0 Å². The normalized spacial score (nSPS) is 28.9. The molecule has 3 heterocycles. The van der Waals surface area contributed by atoms with Gasteiger partial charge in [0.1, 0.15) is 11.9 Å². The number of aliphatic hydroxyl groups is 1. The summed E-state index contributed by atoms with van der Waals surface area (Å²) in [6.07, 6.45) is 2.59. The van der Waals surface area contributed by atoms with E-state index >= 15 is 0 Å². The molecule has 1 saturated heterocycles. The van der Waals surface area contributed by atoms with Crippen molar-refractivity contribution in [3.8, 4) is 0 Å². The molecule has 1 N–H and O–H groups in total. The molecule has 0 saturated carbocycles. The van der Waals surface area contributed by atoms with Crippen molar-refractivity contribution in [2.75, 3.05) is 13.1 Å². The van der Waals surface area contributed by atoms with Crippen LogP contribution in [0, 0.1) is 0 Å². The highest BCUT2D eigenvalue weighted by molar-refractivity contribution is 5.09. The first-order chi connectivity index (χ1) is 8.66. The van der Waals surface area contributed by atoms with E-state index in [1.165, 1.54) is 0 Å². The van der Waals surface area contributed by atoms with Gasteiger partial charge in [-0.1, -0.05) is 0 Å². The fourth-order valence-electron chi connectivity index (χ4n) is 3.14. The van der Waals surface area contributed by atoms with Crippen molar-refractivity contribution in [3.05, 3.63) is 11.6 Å². The molecule has 2 atom stereocenters. The molecule has 0 aliphatic carbocycles. The third-order valence-corrected chi connectivity index (χ3v) is 4.28. The first-order valence-electron chi connectivity index (χ1n) is 7.02. The Kier molecular flexibility index (Phi) is 3.11. The van der Waals surface area contributed by atoms with Crippen LogP contribution < -0.4 is 0 Å². The van der Waals surface area contributed by atoms with E-state index in [0.717, 1.165) is 50.5 Å². The largest absolute Gasteiger partial charge is 0.385 e. The topological polar surface area (TPSA) is 54.2 Å². The van der Waals surface area contributed by atoms with Crippen LogP contribution in [0.5, 0.6) is 0 Å². The Morgan fingerprint density at radius 2 is 1.94 bits per heavy atom. The second-order valence-corrected chi connectivity index (χ2v) is 5.80. The monoisotopic (exact) mass is 250 g/mol. The van der Waals surface area contributed by atoms with Crippen LogP contribution in [0.25, 0.3) is 0 Å². The Balaban J connectivity index is 1.82. The van der Waals surface area contributed by atoms with Crippen LogP contribution in [0.3, 0.4) is 0 Å². The molecule has 5 heteroatoms. The highest BCUT2D eigenvalue weighted by atomic mass is 16.3. The highest BCUT2D eigenvalue weighted by Crippen LogP contribution is 2.31. The summed E-state index contributed by atoms with van der Waals surface area (Å²) in [4.78, 5) is 2.49. The van der Waals surface area contributed by atoms with Gasteiger partial charge in [-0.3, -0.25) is 0 Å². The molecular formula is C13H22N4O. The van der Waals surface area contributed by atoms with Gasteiger partial charge in [-0.15, -0.1) is 10.2 Å². The molecule has 18 heavy (non-hydrogen) atoms. The molecule has 1 fully saturated rings. The quantitative estimate of drug-likeness (QED) is 0.859. The van der Waals surface area contributed by atoms with Crippen molar-refractivity contribution in [2.45, 2.75) is 57.7 Å². The maximum atomic E-state index is 9.92. The number of aromatic nitrogens is 3. The second kappa shape index (κ2) is 4.63. The number of nitrogens with zero attached hydrogens (tertiary/aromatic N) is 4. The van der Waals surface area contributed by atoms with E-state index in [-0.39, 0.29) is 0 Å². The number of fused-ring (bicyclic) bond motifs is 1. The van der Waals surface area contributed by atoms with Crippen molar-refractivity contribution < 1.29 is 5.11 Å². The Hall–Kier alpha value is -0.940. The van der Waals surface area contributed by atoms with Crippen LogP contribution in [0.2, 0.25) is 0 Å². The van der Waals surface area contributed by atoms with Crippen molar-refractivity contribution in [2.24, 2.45) is 0 Å². The van der Waals surface area contributed by atoms with E-state index in [1.807, 2.05) is 0 Å². The molecule has 3 rings (SSSR count). The van der Waals surface area contributed by atoms with Gasteiger partial charge in [0, 0.05) is 25.0 Å². The third-order valence-electron chi connectivity index (χ3n) is 4.28. The lowest BCUT2D eigenvalue weighted by Crippen LogP contribution is -2.28. The van der Waals surface area contributed by atoms with E-state index in [0.29, 0.717) is 12.0 Å². The molecule has 0 aromatic carbocycles. The van der Waals surface area contributed by atoms with Crippen molar-refractivity contribution in [3.63, 3.8) is 0 Å². The van der Waals surface area contributed by atoms with Gasteiger partial charge in [0.2, 0.25) is 0 Å². The third kappa shape index (κ3) is 1.95. The molecule has 1 aromatic rings. The lowest BCUT2D eigenvalue weighted by atomic mass is 10.1. The van der Waals surface area contributed by atoms with E-state index in [1.54, 1.807) is 0 Å². The molecule has 5 nitrogen and oxygen atoms in total. The lowest BCUT2D eigenvalue weighted by molar-refractivity contribution is 0.132. The number of aliphatic hydroxyl groups excluding tert-OH is 1. The lowest BCUT2D eigenvalue weighted by Gasteiger charge is -2.22. The molecule has 0 spiro atoms. The minimum Gasteiger partial charge on any atom is -0.385 e. The molecule has 2 aliphatic rings. The summed E-state index contributed by atoms with van der Waals surface area (Å²) in [5, 5.41) is 18.5. The summed E-state index contributed by atoms with van der Waals surface area (Å²) in [6, 6.07) is 0.601. The van der Waals surface area contributed by atoms with Gasteiger partial charge in [0.05, 0.1) is 0 Å². The predicted octanol–water partition coefficient (Wildman–Crippen LogP) is 1.30. The van der Waals surface area contributed by atoms with Gasteiger partial charge in [-0.25, -0.2) is 0 Å². The van der Waals surface area contributed by atoms with Crippen LogP contribution in [0.4, 0.5) is 0 Å². The average Bonchev–Trinajstić information content (AvgIpc) is 2.94. The van der Waals surface area contributed by atoms with E-state index in [2.05, 4.69) is 33.5 Å². The number of hydrogen-bond donors (Lipinski definition) is 1. The van der Waals surface area contributed by atoms with E-state index < -0.39 is 6.10 Å². The van der Waals surface area contributed by atoms with Crippen LogP contribution in [0.1, 0.15) is 56.8 Å². The highest BCUT2D eigenvalue weighted by Gasteiger charge is 2.32. The summed E-state index contributed by atoms with van der Waals surface area (Å²) < 4.78 is 2.16. The van der Waals surface area contributed by atoms with Gasteiger partial charge >= 0.3 is 0 Å². The van der Waals surface area contributed by atoms with Gasteiger partial charge in [-0.2, -0.15) is 0 Å². The molecule has 2 unspecified atom stereocenters. The first-order valence-corrected chi connectivity index (χ1v) is 7.02. The Morgan fingerprint density at radius 3 is 2.67 bits per heavy atom. The van der Waals surface area contributed by atoms with Gasteiger partial charge in [-0.05, 0) is 39.7 Å². The molecule has 0 bridgehead atoms. The summed E-state index contributed by atoms with van der Waals surface area (Å²) >= 11 is 0. The van der Waals surface area contributed by atoms with Crippen LogP contribution in [-0.2, 0) is 6.54 Å². The summed E-state index contributed by atoms with van der Waals surface area (Å²) in [5.41, 5.74) is 0. The Bertz CT molecular complexity index is 429. The maximum absolute atomic E-state index is 9.92. The minimum absolute atomic E-state index is 0.414. The molecule has 2 aliphatic heterocycles. The maximum Gasteiger partial charge on any atom is 0.161 e. The Labute approximate surface area is 108 Å². The van der Waals surface area contributed by atoms with E-state index in [9.17, 15) is 5.11 Å². The summed E-state index contributed by atoms with van der Waals surface area (Å²) in [6.45, 7) is 7.67. The van der Waals surface area contributed by atoms with Crippen molar-refractivity contribution in [1.82, 2.24) is 19.7 Å². The standard InChI is InChI=1S/C13H22N4O/c1-9(2)16-7-5-10(8-16)12-14-15-13-11(18)4-3-6-17(12)13/h9-11,18H,3-8H2,1-2H3. The first kappa shape index (κ1) is 12.1. The van der Waals surface area contributed by atoms with Crippen LogP contribution >= 0.6 is 0 Å². The molecule has 1 aromatic heterocycles. The van der Waals surface area contributed by atoms with Crippen molar-refractivity contribution in [1.29, 1.82) is 0 Å². The molecule has 0 radical (unpaired) electrons. The van der Waals surface area contributed by atoms with Gasteiger partial charge < -0.3 is 14.6 Å². The zero-order chi connectivity index (χ0) is 12.7. The molecule has 100 valence electrons. The van der Waals surface area contributed by atoms with Gasteiger partial charge in [0.15, 0.2) is 5.82 Å².